The lowest BCUT2D eigenvalue weighted by atomic mass is 10.1. The summed E-state index contributed by atoms with van der Waals surface area (Å²) in [5.74, 6) is -0.210. The van der Waals surface area contributed by atoms with Crippen LogP contribution in [-0.2, 0) is 13.1 Å². The molecule has 0 aliphatic carbocycles. The Morgan fingerprint density at radius 2 is 1.77 bits per heavy atom. The van der Waals surface area contributed by atoms with Crippen LogP contribution in [0.2, 0.25) is 0 Å². The SMILES string of the molecule is O=C(NCc1ccccc1)c1ccc2c(=O)n(Cc3cccc(Br)c3)c(=S)[nH]c2c1. The van der Waals surface area contributed by atoms with E-state index in [0.29, 0.717) is 34.3 Å². The van der Waals surface area contributed by atoms with Crippen LogP contribution < -0.4 is 10.9 Å². The van der Waals surface area contributed by atoms with E-state index in [-0.39, 0.29) is 11.5 Å². The molecular weight excluding hydrogens is 462 g/mol. The van der Waals surface area contributed by atoms with Crippen LogP contribution in [0.3, 0.4) is 0 Å². The van der Waals surface area contributed by atoms with Crippen LogP contribution in [0.1, 0.15) is 21.5 Å². The lowest BCUT2D eigenvalue weighted by Crippen LogP contribution is -2.24. The van der Waals surface area contributed by atoms with Gasteiger partial charge in [0.1, 0.15) is 0 Å². The number of hydrogen-bond acceptors (Lipinski definition) is 3. The normalized spacial score (nSPS) is 10.8. The molecular formula is C23H18BrN3O2S. The van der Waals surface area contributed by atoms with Gasteiger partial charge in [-0.3, -0.25) is 14.2 Å². The molecule has 0 saturated heterocycles. The molecule has 4 rings (SSSR count). The molecule has 1 amide bonds. The van der Waals surface area contributed by atoms with Crippen LogP contribution in [0.15, 0.2) is 82.1 Å². The van der Waals surface area contributed by atoms with Gasteiger partial charge in [0.05, 0.1) is 17.4 Å². The average molecular weight is 480 g/mol. The number of nitrogens with zero attached hydrogens (tertiary/aromatic N) is 1. The van der Waals surface area contributed by atoms with Gasteiger partial charge in [-0.1, -0.05) is 58.4 Å². The summed E-state index contributed by atoms with van der Waals surface area (Å²) < 4.78 is 2.78. The molecule has 150 valence electrons. The third-order valence-corrected chi connectivity index (χ3v) is 5.59. The van der Waals surface area contributed by atoms with Gasteiger partial charge < -0.3 is 10.3 Å². The second-order valence-corrected chi connectivity index (χ2v) is 8.18. The predicted octanol–water partition coefficient (Wildman–Crippen LogP) is 4.80. The molecule has 0 aliphatic rings. The lowest BCUT2D eigenvalue weighted by Gasteiger charge is -2.10. The maximum atomic E-state index is 13.0. The summed E-state index contributed by atoms with van der Waals surface area (Å²) in [6.07, 6.45) is 0. The number of benzene rings is 3. The second kappa shape index (κ2) is 8.77. The highest BCUT2D eigenvalue weighted by Gasteiger charge is 2.11. The molecule has 1 heterocycles. The molecule has 7 heteroatoms. The van der Waals surface area contributed by atoms with E-state index in [9.17, 15) is 9.59 Å². The first kappa shape index (κ1) is 20.3. The molecule has 0 aliphatic heterocycles. The van der Waals surface area contributed by atoms with Gasteiger partial charge in [-0.2, -0.15) is 0 Å². The Bertz CT molecular complexity index is 1350. The zero-order valence-electron chi connectivity index (χ0n) is 15.9. The number of amides is 1. The molecule has 0 atom stereocenters. The van der Waals surface area contributed by atoms with Gasteiger partial charge in [-0.15, -0.1) is 0 Å². The number of carbonyl (C=O) groups is 1. The number of rotatable bonds is 5. The molecule has 3 aromatic carbocycles. The number of carbonyl (C=O) groups excluding carboxylic acids is 1. The van der Waals surface area contributed by atoms with E-state index in [4.69, 9.17) is 12.2 Å². The number of halogens is 1. The van der Waals surface area contributed by atoms with Crippen molar-refractivity contribution in [3.8, 4) is 0 Å². The Kier molecular flexibility index (Phi) is 5.92. The van der Waals surface area contributed by atoms with Crippen molar-refractivity contribution >= 4 is 45.0 Å². The van der Waals surface area contributed by atoms with E-state index in [2.05, 4.69) is 26.2 Å². The summed E-state index contributed by atoms with van der Waals surface area (Å²) in [4.78, 5) is 28.6. The van der Waals surface area contributed by atoms with Gasteiger partial charge in [0.15, 0.2) is 4.77 Å². The topological polar surface area (TPSA) is 66.9 Å². The van der Waals surface area contributed by atoms with Crippen molar-refractivity contribution in [3.05, 3.63) is 109 Å². The van der Waals surface area contributed by atoms with E-state index in [0.717, 1.165) is 15.6 Å². The molecule has 4 aromatic rings. The fraction of sp³-hybridized carbons (Fsp3) is 0.0870. The van der Waals surface area contributed by atoms with Crippen molar-refractivity contribution in [2.24, 2.45) is 0 Å². The van der Waals surface area contributed by atoms with Crippen molar-refractivity contribution in [1.82, 2.24) is 14.9 Å². The van der Waals surface area contributed by atoms with E-state index >= 15 is 0 Å². The molecule has 2 N–H and O–H groups in total. The molecule has 1 aromatic heterocycles. The summed E-state index contributed by atoms with van der Waals surface area (Å²) in [5, 5.41) is 3.38. The van der Waals surface area contributed by atoms with Crippen molar-refractivity contribution in [2.75, 3.05) is 0 Å². The van der Waals surface area contributed by atoms with Crippen LogP contribution in [-0.4, -0.2) is 15.5 Å². The van der Waals surface area contributed by atoms with E-state index in [1.807, 2.05) is 54.6 Å². The zero-order valence-corrected chi connectivity index (χ0v) is 18.3. The fourth-order valence-electron chi connectivity index (χ4n) is 3.24. The van der Waals surface area contributed by atoms with Gasteiger partial charge in [-0.25, -0.2) is 0 Å². The van der Waals surface area contributed by atoms with Gasteiger partial charge >= 0.3 is 0 Å². The van der Waals surface area contributed by atoms with Gasteiger partial charge in [-0.05, 0) is 53.7 Å². The molecule has 0 unspecified atom stereocenters. The van der Waals surface area contributed by atoms with E-state index < -0.39 is 0 Å². The monoisotopic (exact) mass is 479 g/mol. The highest BCUT2D eigenvalue weighted by atomic mass is 79.9. The Balaban J connectivity index is 1.61. The van der Waals surface area contributed by atoms with Crippen LogP contribution in [0, 0.1) is 4.77 Å². The van der Waals surface area contributed by atoms with Crippen LogP contribution in [0.25, 0.3) is 10.9 Å². The number of aromatic amines is 1. The zero-order chi connectivity index (χ0) is 21.1. The van der Waals surface area contributed by atoms with Crippen molar-refractivity contribution < 1.29 is 4.79 Å². The quantitative estimate of drug-likeness (QED) is 0.404. The number of nitrogens with one attached hydrogen (secondary N) is 2. The number of H-pyrrole nitrogens is 1. The highest BCUT2D eigenvalue weighted by molar-refractivity contribution is 9.10. The molecule has 0 spiro atoms. The molecule has 0 saturated carbocycles. The predicted molar refractivity (Wildman–Crippen MR) is 124 cm³/mol. The highest BCUT2D eigenvalue weighted by Crippen LogP contribution is 2.14. The third-order valence-electron chi connectivity index (χ3n) is 4.77. The second-order valence-electron chi connectivity index (χ2n) is 6.88. The van der Waals surface area contributed by atoms with E-state index in [1.165, 1.54) is 4.57 Å². The van der Waals surface area contributed by atoms with Crippen molar-refractivity contribution in [3.63, 3.8) is 0 Å². The van der Waals surface area contributed by atoms with Crippen LogP contribution >= 0.6 is 28.1 Å². The largest absolute Gasteiger partial charge is 0.348 e. The average Bonchev–Trinajstić information content (AvgIpc) is 2.75. The van der Waals surface area contributed by atoms with Crippen LogP contribution in [0.5, 0.6) is 0 Å². The number of aromatic nitrogens is 2. The molecule has 0 radical (unpaired) electrons. The smallest absolute Gasteiger partial charge is 0.262 e. The van der Waals surface area contributed by atoms with E-state index in [1.54, 1.807) is 18.2 Å². The van der Waals surface area contributed by atoms with Gasteiger partial charge in [0, 0.05) is 16.6 Å². The summed E-state index contributed by atoms with van der Waals surface area (Å²) in [5.41, 5.74) is 2.80. The van der Waals surface area contributed by atoms with Crippen molar-refractivity contribution in [1.29, 1.82) is 0 Å². The minimum Gasteiger partial charge on any atom is -0.348 e. The molecule has 0 bridgehead atoms. The van der Waals surface area contributed by atoms with Crippen molar-refractivity contribution in [2.45, 2.75) is 13.1 Å². The molecule has 0 fully saturated rings. The Morgan fingerprint density at radius 1 is 1.00 bits per heavy atom. The maximum absolute atomic E-state index is 13.0. The number of hydrogen-bond donors (Lipinski definition) is 2. The summed E-state index contributed by atoms with van der Waals surface area (Å²) in [6.45, 7) is 0.796. The standard InChI is InChI=1S/C23H18BrN3O2S/c24-18-8-4-7-16(11-18)14-27-22(29)19-10-9-17(12-20(19)26-23(27)30)21(28)25-13-15-5-2-1-3-6-15/h1-12H,13-14H2,(H,25,28)(H,26,30). The molecule has 5 nitrogen and oxygen atoms in total. The fourth-order valence-corrected chi connectivity index (χ4v) is 3.94. The van der Waals surface area contributed by atoms with Crippen LogP contribution in [0.4, 0.5) is 0 Å². The summed E-state index contributed by atoms with van der Waals surface area (Å²) >= 11 is 8.86. The first-order chi connectivity index (χ1) is 14.5. The Hall–Kier alpha value is -3.03. The number of fused-ring (bicyclic) bond motifs is 1. The first-order valence-electron chi connectivity index (χ1n) is 9.35. The Morgan fingerprint density at radius 3 is 2.53 bits per heavy atom. The summed E-state index contributed by atoms with van der Waals surface area (Å²) in [7, 11) is 0. The Labute approximate surface area is 186 Å². The van der Waals surface area contributed by atoms with Gasteiger partial charge in [0.25, 0.3) is 11.5 Å². The van der Waals surface area contributed by atoms with Gasteiger partial charge in [0.2, 0.25) is 0 Å². The lowest BCUT2D eigenvalue weighted by molar-refractivity contribution is 0.0951. The minimum atomic E-state index is -0.210. The third kappa shape index (κ3) is 4.42. The summed E-state index contributed by atoms with van der Waals surface area (Å²) in [6, 6.07) is 22.4. The molecule has 30 heavy (non-hydrogen) atoms. The maximum Gasteiger partial charge on any atom is 0.262 e. The first-order valence-corrected chi connectivity index (χ1v) is 10.5. The minimum absolute atomic E-state index is 0.190.